The Morgan fingerprint density at radius 3 is 1.94 bits per heavy atom. The molecular weight excluding hydrogens is 676 g/mol. The topological polar surface area (TPSA) is 135 Å². The molecule has 7 rings (SSSR count). The summed E-state index contributed by atoms with van der Waals surface area (Å²) < 4.78 is 32.3. The number of ether oxygens (including phenoxy) is 5. The summed E-state index contributed by atoms with van der Waals surface area (Å²) in [5.41, 5.74) is -0.715. The van der Waals surface area contributed by atoms with Crippen LogP contribution in [0.1, 0.15) is 51.3 Å². The zero-order chi connectivity index (χ0) is 37.5. The number of nitrogens with zero attached hydrogens (tertiary/aromatic N) is 1. The van der Waals surface area contributed by atoms with E-state index in [-0.39, 0.29) is 18.0 Å². The van der Waals surface area contributed by atoms with Crippen molar-refractivity contribution in [3.05, 3.63) is 164 Å². The van der Waals surface area contributed by atoms with Gasteiger partial charge in [0.1, 0.15) is 29.4 Å². The van der Waals surface area contributed by atoms with Crippen LogP contribution in [0.3, 0.4) is 0 Å². The van der Waals surface area contributed by atoms with Crippen molar-refractivity contribution in [1.82, 2.24) is 9.55 Å². The van der Waals surface area contributed by atoms with Gasteiger partial charge in [-0.1, -0.05) is 79.2 Å². The number of carbonyl (C=O) groups is 2. The van der Waals surface area contributed by atoms with Crippen molar-refractivity contribution in [2.75, 3.05) is 20.8 Å². The second kappa shape index (κ2) is 14.0. The predicted octanol–water partition coefficient (Wildman–Crippen LogP) is 5.51. The van der Waals surface area contributed by atoms with Gasteiger partial charge in [-0.3, -0.25) is 19.1 Å². The van der Waals surface area contributed by atoms with Crippen LogP contribution >= 0.6 is 0 Å². The van der Waals surface area contributed by atoms with Gasteiger partial charge in [-0.2, -0.15) is 0 Å². The van der Waals surface area contributed by atoms with Crippen LogP contribution in [0.2, 0.25) is 0 Å². The molecule has 1 aliphatic heterocycles. The highest BCUT2D eigenvalue weighted by Crippen LogP contribution is 2.55. The molecule has 5 aromatic rings. The molecule has 0 radical (unpaired) electrons. The third-order valence-corrected chi connectivity index (χ3v) is 10.5. The summed E-state index contributed by atoms with van der Waals surface area (Å²) in [5, 5.41) is 0. The number of methoxy groups -OCH3 is 2. The number of aromatic amines is 1. The molecule has 1 aliphatic carbocycles. The Kier molecular flexibility index (Phi) is 9.39. The normalized spacial score (nSPS) is 22.1. The molecule has 0 spiro atoms. The fourth-order valence-electron chi connectivity index (χ4n) is 7.63. The van der Waals surface area contributed by atoms with E-state index in [4.69, 9.17) is 23.7 Å². The third-order valence-electron chi connectivity index (χ3n) is 10.5. The number of ketones is 1. The molecule has 1 saturated carbocycles. The minimum atomic E-state index is -1.85. The van der Waals surface area contributed by atoms with E-state index in [1.807, 2.05) is 85.8 Å². The van der Waals surface area contributed by atoms with Crippen LogP contribution in [0.25, 0.3) is 0 Å². The number of carbonyl (C=O) groups excluding carboxylic acids is 2. The first-order valence-corrected chi connectivity index (χ1v) is 17.3. The number of rotatable bonds is 11. The standard InChI is InChI=1S/C42H40N2O9/c1-25-11-13-28(14-12-25)39(47)52-36-27(3)34-35(45)41(36,53-38(34)44-23-26(2)37(46)43-40(44)48)24-51-42(29-9-7-6-8-10-29,30-15-19-32(49-4)20-16-30)31-17-21-33(50-5)22-18-31/h6-23,27,34,36,38H,24H2,1-5H3,(H,43,46,48)/t27-,34-,36+,38+,41-/m0/s1. The lowest BCUT2D eigenvalue weighted by Crippen LogP contribution is -2.55. The first-order chi connectivity index (χ1) is 25.5. The molecule has 2 aliphatic rings. The largest absolute Gasteiger partial charge is 0.497 e. The van der Waals surface area contributed by atoms with E-state index < -0.39 is 52.6 Å². The number of aryl methyl sites for hydroxylation is 2. The summed E-state index contributed by atoms with van der Waals surface area (Å²) in [4.78, 5) is 56.3. The fraction of sp³-hybridized carbons (Fsp3) is 0.286. The Bertz CT molecular complexity index is 2200. The van der Waals surface area contributed by atoms with E-state index >= 15 is 0 Å². The number of H-pyrrole nitrogens is 1. The maximum atomic E-state index is 14.8. The van der Waals surface area contributed by atoms with Crippen molar-refractivity contribution < 1.29 is 33.3 Å². The van der Waals surface area contributed by atoms with Gasteiger partial charge in [0.2, 0.25) is 0 Å². The van der Waals surface area contributed by atoms with Crippen LogP contribution < -0.4 is 20.7 Å². The van der Waals surface area contributed by atoms with E-state index in [1.54, 1.807) is 52.3 Å². The molecule has 2 bridgehead atoms. The van der Waals surface area contributed by atoms with Gasteiger partial charge in [-0.05, 0) is 66.9 Å². The smallest absolute Gasteiger partial charge is 0.338 e. The average molecular weight is 717 g/mol. The van der Waals surface area contributed by atoms with Gasteiger partial charge < -0.3 is 23.7 Å². The van der Waals surface area contributed by atoms with Crippen LogP contribution in [0.5, 0.6) is 11.5 Å². The predicted molar refractivity (Wildman–Crippen MR) is 195 cm³/mol. The summed E-state index contributed by atoms with van der Waals surface area (Å²) in [7, 11) is 3.17. The van der Waals surface area contributed by atoms with Gasteiger partial charge in [-0.25, -0.2) is 9.59 Å². The van der Waals surface area contributed by atoms with Crippen LogP contribution in [-0.2, 0) is 24.6 Å². The molecule has 1 saturated heterocycles. The number of fused-ring (bicyclic) bond motifs is 2. The third kappa shape index (κ3) is 6.05. The summed E-state index contributed by atoms with van der Waals surface area (Å²) in [6.45, 7) is 4.90. The molecule has 11 nitrogen and oxygen atoms in total. The lowest BCUT2D eigenvalue weighted by molar-refractivity contribution is -0.212. The van der Waals surface area contributed by atoms with Gasteiger partial charge in [0, 0.05) is 17.7 Å². The van der Waals surface area contributed by atoms with Crippen LogP contribution in [0.4, 0.5) is 0 Å². The maximum absolute atomic E-state index is 14.8. The molecule has 1 N–H and O–H groups in total. The SMILES string of the molecule is COc1ccc(C(OC[C@]23O[C@@H](n4cc(C)c(=O)[nH]c4=O)[C@H](C2=O)[C@H](C)[C@H]3OC(=O)c2ccc(C)cc2)(c2ccccc2)c2ccc(OC)cc2)cc1. The van der Waals surface area contributed by atoms with Crippen molar-refractivity contribution in [3.8, 4) is 11.5 Å². The highest BCUT2D eigenvalue weighted by molar-refractivity contribution is 5.97. The van der Waals surface area contributed by atoms with Gasteiger partial charge in [-0.15, -0.1) is 0 Å². The second-order valence-corrected chi connectivity index (χ2v) is 13.6. The number of Topliss-reactive ketones (excluding diaryl/α,β-unsaturated/α-hetero) is 1. The molecule has 272 valence electrons. The van der Waals surface area contributed by atoms with Crippen LogP contribution in [0.15, 0.2) is 119 Å². The maximum Gasteiger partial charge on any atom is 0.338 e. The van der Waals surface area contributed by atoms with Gasteiger partial charge in [0.25, 0.3) is 5.56 Å². The number of benzene rings is 4. The molecule has 5 atom stereocenters. The first-order valence-electron chi connectivity index (χ1n) is 17.3. The molecule has 2 fully saturated rings. The lowest BCUT2D eigenvalue weighted by atomic mass is 9.79. The van der Waals surface area contributed by atoms with Crippen LogP contribution in [0, 0.1) is 25.7 Å². The van der Waals surface area contributed by atoms with Crippen molar-refractivity contribution in [1.29, 1.82) is 0 Å². The zero-order valence-corrected chi connectivity index (χ0v) is 30.0. The monoisotopic (exact) mass is 716 g/mol. The van der Waals surface area contributed by atoms with Crippen LogP contribution in [-0.4, -0.2) is 53.8 Å². The average Bonchev–Trinajstić information content (AvgIpc) is 3.57. The lowest BCUT2D eigenvalue weighted by Gasteiger charge is -2.42. The summed E-state index contributed by atoms with van der Waals surface area (Å²) >= 11 is 0. The molecule has 53 heavy (non-hydrogen) atoms. The molecule has 4 aromatic carbocycles. The summed E-state index contributed by atoms with van der Waals surface area (Å²) in [6.07, 6.45) is -0.811. The van der Waals surface area contributed by atoms with E-state index in [0.717, 1.165) is 22.3 Å². The van der Waals surface area contributed by atoms with E-state index in [9.17, 15) is 19.2 Å². The van der Waals surface area contributed by atoms with Crippen molar-refractivity contribution >= 4 is 11.8 Å². The number of esters is 1. The molecule has 11 heteroatoms. The van der Waals surface area contributed by atoms with E-state index in [1.165, 1.54) is 10.8 Å². The first kappa shape index (κ1) is 35.6. The number of hydrogen-bond donors (Lipinski definition) is 1. The number of aromatic nitrogens is 2. The number of nitrogens with one attached hydrogen (secondary N) is 1. The van der Waals surface area contributed by atoms with Crippen molar-refractivity contribution in [3.63, 3.8) is 0 Å². The Hall–Kier alpha value is -5.78. The van der Waals surface area contributed by atoms with E-state index in [0.29, 0.717) is 17.1 Å². The highest BCUT2D eigenvalue weighted by Gasteiger charge is 2.71. The molecule has 2 heterocycles. The van der Waals surface area contributed by atoms with Crippen molar-refractivity contribution in [2.24, 2.45) is 11.8 Å². The Balaban J connectivity index is 1.38. The minimum absolute atomic E-state index is 0.269. The number of hydrogen-bond acceptors (Lipinski definition) is 9. The molecule has 1 aromatic heterocycles. The van der Waals surface area contributed by atoms with Gasteiger partial charge in [0.05, 0.1) is 32.3 Å². The highest BCUT2D eigenvalue weighted by atomic mass is 16.6. The Morgan fingerprint density at radius 1 is 0.811 bits per heavy atom. The molecular formula is C42H40N2O9. The Labute approximate surface area is 306 Å². The van der Waals surface area contributed by atoms with Gasteiger partial charge >= 0.3 is 11.7 Å². The van der Waals surface area contributed by atoms with E-state index in [2.05, 4.69) is 4.98 Å². The van der Waals surface area contributed by atoms with Gasteiger partial charge in [0.15, 0.2) is 11.4 Å². The second-order valence-electron chi connectivity index (χ2n) is 13.6. The minimum Gasteiger partial charge on any atom is -0.497 e. The molecule has 0 unspecified atom stereocenters. The fourth-order valence-corrected chi connectivity index (χ4v) is 7.63. The van der Waals surface area contributed by atoms with Crippen molar-refractivity contribution in [2.45, 2.75) is 44.3 Å². The quantitative estimate of drug-likeness (QED) is 0.139. The zero-order valence-electron chi connectivity index (χ0n) is 30.0. The summed E-state index contributed by atoms with van der Waals surface area (Å²) in [6, 6.07) is 31.4. The molecule has 0 amide bonds. The summed E-state index contributed by atoms with van der Waals surface area (Å²) in [5.74, 6) is -1.24. The Morgan fingerprint density at radius 2 is 1.38 bits per heavy atom.